The second kappa shape index (κ2) is 8.02. The molecule has 4 rings (SSSR count). The van der Waals surface area contributed by atoms with Crippen molar-refractivity contribution in [2.75, 3.05) is 19.6 Å². The summed E-state index contributed by atoms with van der Waals surface area (Å²) in [6, 6.07) is 1.67. The van der Waals surface area contributed by atoms with E-state index < -0.39 is 18.2 Å². The zero-order chi connectivity index (χ0) is 24.0. The van der Waals surface area contributed by atoms with Crippen molar-refractivity contribution in [2.24, 2.45) is 0 Å². The van der Waals surface area contributed by atoms with E-state index in [-0.39, 0.29) is 24.9 Å². The zero-order valence-corrected chi connectivity index (χ0v) is 17.2. The molecule has 1 aliphatic heterocycles. The van der Waals surface area contributed by atoms with Crippen LogP contribution < -0.4 is 0 Å². The number of rotatable bonds is 4. The number of halogens is 3. The quantitative estimate of drug-likeness (QED) is 0.615. The van der Waals surface area contributed by atoms with Gasteiger partial charge in [-0.1, -0.05) is 5.92 Å². The Hall–Kier alpha value is -2.83. The van der Waals surface area contributed by atoms with Gasteiger partial charge < -0.3 is 14.6 Å². The molecule has 0 spiro atoms. The van der Waals surface area contributed by atoms with Gasteiger partial charge in [-0.3, -0.25) is 5.10 Å². The number of likely N-dealkylation sites (tertiary alicyclic amines) is 1. The van der Waals surface area contributed by atoms with Crippen molar-refractivity contribution in [2.45, 2.75) is 44.5 Å². The summed E-state index contributed by atoms with van der Waals surface area (Å²) in [5.41, 5.74) is 0.905. The smallest absolute Gasteiger partial charge is 0.378 e. The first-order valence-electron chi connectivity index (χ1n) is 11.0. The third-order valence-corrected chi connectivity index (χ3v) is 5.24. The van der Waals surface area contributed by atoms with Crippen molar-refractivity contribution < 1.29 is 21.0 Å². The van der Waals surface area contributed by atoms with Crippen molar-refractivity contribution in [3.8, 4) is 23.0 Å². The van der Waals surface area contributed by atoms with Gasteiger partial charge >= 0.3 is 6.18 Å². The summed E-state index contributed by atoms with van der Waals surface area (Å²) in [4.78, 5) is 6.18. The maximum atomic E-state index is 12.6. The Morgan fingerprint density at radius 3 is 2.87 bits per heavy atom. The predicted molar refractivity (Wildman–Crippen MR) is 111 cm³/mol. The molecule has 3 aromatic rings. The van der Waals surface area contributed by atoms with Gasteiger partial charge in [0.15, 0.2) is 0 Å². The Bertz CT molecular complexity index is 1210. The van der Waals surface area contributed by atoms with Crippen LogP contribution in [0.2, 0.25) is 0 Å². The molecule has 1 fully saturated rings. The number of aromatic amines is 1. The van der Waals surface area contributed by atoms with Gasteiger partial charge in [0.2, 0.25) is 0 Å². The zero-order valence-electron chi connectivity index (χ0n) is 19.2. The first-order valence-corrected chi connectivity index (χ1v) is 9.98. The van der Waals surface area contributed by atoms with E-state index in [2.05, 4.69) is 27.0 Å². The van der Waals surface area contributed by atoms with Gasteiger partial charge in [-0.25, -0.2) is 4.98 Å². The fourth-order valence-electron chi connectivity index (χ4n) is 3.78. The molecule has 0 radical (unpaired) electrons. The second-order valence-corrected chi connectivity index (χ2v) is 8.29. The Kier molecular flexibility index (Phi) is 4.89. The van der Waals surface area contributed by atoms with Gasteiger partial charge in [-0.05, 0) is 32.3 Å². The van der Waals surface area contributed by atoms with Gasteiger partial charge in [0.25, 0.3) is 0 Å². The Morgan fingerprint density at radius 1 is 1.39 bits per heavy atom. The lowest BCUT2D eigenvalue weighted by Gasteiger charge is -2.18. The van der Waals surface area contributed by atoms with E-state index in [1.165, 1.54) is 0 Å². The predicted octanol–water partition coefficient (Wildman–Crippen LogP) is 3.75. The first kappa shape index (κ1) is 18.9. The highest BCUT2D eigenvalue weighted by molar-refractivity contribution is 5.96. The molecule has 31 heavy (non-hydrogen) atoms. The number of hydrogen-bond acceptors (Lipinski definition) is 4. The van der Waals surface area contributed by atoms with E-state index in [4.69, 9.17) is 2.74 Å². The van der Waals surface area contributed by atoms with Crippen LogP contribution in [-0.4, -0.2) is 61.2 Å². The summed E-state index contributed by atoms with van der Waals surface area (Å²) in [6.07, 6.45) is -0.976. The van der Waals surface area contributed by atoms with Gasteiger partial charge in [0, 0.05) is 54.6 Å². The summed E-state index contributed by atoms with van der Waals surface area (Å²) in [5, 5.41) is 16.9. The summed E-state index contributed by atoms with van der Waals surface area (Å²) in [7, 11) is 0. The van der Waals surface area contributed by atoms with Crippen LogP contribution in [0.1, 0.15) is 41.2 Å². The first-order chi connectivity index (χ1) is 15.4. The standard InChI is InChI=1S/C22H24F3N5O/c1-21(2,31)5-3-16-9-18-19(15-10-27-28-11-15)14-30(20(18)12-26-16)17-4-7-29(13-17)8-6-22(23,24)25/h9-12,14,17,31H,4,6-8,13H2,1-2H3,(H,27,28)/t17-/m0/s1/i10D,11D. The van der Waals surface area contributed by atoms with E-state index in [9.17, 15) is 18.3 Å². The van der Waals surface area contributed by atoms with Crippen molar-refractivity contribution >= 4 is 10.9 Å². The van der Waals surface area contributed by atoms with Crippen molar-refractivity contribution in [3.05, 3.63) is 36.5 Å². The molecule has 0 saturated carbocycles. The highest BCUT2D eigenvalue weighted by atomic mass is 19.4. The van der Waals surface area contributed by atoms with Crippen LogP contribution in [0, 0.1) is 11.8 Å². The van der Waals surface area contributed by atoms with E-state index >= 15 is 0 Å². The second-order valence-electron chi connectivity index (χ2n) is 8.29. The molecule has 2 N–H and O–H groups in total. The lowest BCUT2D eigenvalue weighted by atomic mass is 10.1. The highest BCUT2D eigenvalue weighted by Crippen LogP contribution is 2.35. The van der Waals surface area contributed by atoms with Crippen molar-refractivity contribution in [1.82, 2.24) is 24.6 Å². The van der Waals surface area contributed by atoms with Gasteiger partial charge in [0.1, 0.15) is 11.3 Å². The molecule has 9 heteroatoms. The number of aromatic nitrogens is 4. The van der Waals surface area contributed by atoms with Crippen LogP contribution in [0.5, 0.6) is 0 Å². The number of hydrogen-bond donors (Lipinski definition) is 2. The molecule has 6 nitrogen and oxygen atoms in total. The van der Waals surface area contributed by atoms with Crippen molar-refractivity contribution in [1.29, 1.82) is 0 Å². The summed E-state index contributed by atoms with van der Waals surface area (Å²) in [6.45, 7) is 4.10. The number of alkyl halides is 3. The van der Waals surface area contributed by atoms with Crippen LogP contribution in [0.15, 0.2) is 30.8 Å². The fraction of sp³-hybridized carbons (Fsp3) is 0.455. The molecule has 0 bridgehead atoms. The van der Waals surface area contributed by atoms with E-state index in [1.807, 2.05) is 10.8 Å². The van der Waals surface area contributed by atoms with Gasteiger partial charge in [0.05, 0.1) is 27.0 Å². The van der Waals surface area contributed by atoms with E-state index in [0.717, 1.165) is 5.52 Å². The number of nitrogens with zero attached hydrogens (tertiary/aromatic N) is 4. The molecule has 0 amide bonds. The molecular weight excluding hydrogens is 407 g/mol. The Balaban J connectivity index is 1.74. The average Bonchev–Trinajstić information content (AvgIpc) is 3.41. The molecule has 4 heterocycles. The lowest BCUT2D eigenvalue weighted by molar-refractivity contribution is -0.137. The van der Waals surface area contributed by atoms with Crippen LogP contribution in [0.4, 0.5) is 13.2 Å². The molecule has 0 aromatic carbocycles. The number of nitrogens with one attached hydrogen (secondary N) is 1. The third-order valence-electron chi connectivity index (χ3n) is 5.24. The fourth-order valence-corrected chi connectivity index (χ4v) is 3.78. The Morgan fingerprint density at radius 2 is 2.19 bits per heavy atom. The minimum Gasteiger partial charge on any atom is -0.378 e. The lowest BCUT2D eigenvalue weighted by Crippen LogP contribution is -2.26. The molecule has 0 aliphatic carbocycles. The minimum absolute atomic E-state index is 0.00165. The topological polar surface area (TPSA) is 70.0 Å². The number of pyridine rings is 1. The number of H-pyrrole nitrogens is 1. The number of fused-ring (bicyclic) bond motifs is 1. The van der Waals surface area contributed by atoms with Gasteiger partial charge in [-0.15, -0.1) is 0 Å². The van der Waals surface area contributed by atoms with E-state index in [1.54, 1.807) is 31.0 Å². The summed E-state index contributed by atoms with van der Waals surface area (Å²) in [5.74, 6) is 5.56. The maximum absolute atomic E-state index is 12.6. The van der Waals surface area contributed by atoms with Crippen molar-refractivity contribution in [3.63, 3.8) is 0 Å². The summed E-state index contributed by atoms with van der Waals surface area (Å²) < 4.78 is 56.1. The molecule has 1 saturated heterocycles. The minimum atomic E-state index is -4.19. The maximum Gasteiger partial charge on any atom is 0.390 e. The SMILES string of the molecule is [2H]c1n[nH]c([2H])c1-c1cn([C@H]2CCN(CCC(F)(F)F)C2)c2cnc(C#CC(C)(C)O)cc12. The third kappa shape index (κ3) is 5.09. The monoisotopic (exact) mass is 433 g/mol. The molecule has 3 aromatic heterocycles. The van der Waals surface area contributed by atoms with Crippen LogP contribution in [-0.2, 0) is 0 Å². The molecule has 0 unspecified atom stereocenters. The van der Waals surface area contributed by atoms with Gasteiger partial charge in [-0.2, -0.15) is 18.3 Å². The highest BCUT2D eigenvalue weighted by Gasteiger charge is 2.31. The Labute approximate surface area is 180 Å². The summed E-state index contributed by atoms with van der Waals surface area (Å²) >= 11 is 0. The molecular formula is C22H24F3N5O. The molecule has 164 valence electrons. The largest absolute Gasteiger partial charge is 0.390 e. The molecule has 1 atom stereocenters. The average molecular weight is 433 g/mol. The normalized spacial score (nSPS) is 18.7. The van der Waals surface area contributed by atoms with Crippen LogP contribution in [0.25, 0.3) is 22.0 Å². The molecule has 1 aliphatic rings. The number of aliphatic hydroxyl groups is 1. The van der Waals surface area contributed by atoms with Crippen LogP contribution in [0.3, 0.4) is 0 Å². The van der Waals surface area contributed by atoms with Crippen LogP contribution >= 0.6 is 0 Å². The van der Waals surface area contributed by atoms with E-state index in [0.29, 0.717) is 41.7 Å².